The van der Waals surface area contributed by atoms with Crippen molar-refractivity contribution < 1.29 is 13.2 Å². The van der Waals surface area contributed by atoms with Crippen LogP contribution in [0.25, 0.3) is 0 Å². The summed E-state index contributed by atoms with van der Waals surface area (Å²) in [6.45, 7) is 4.23. The van der Waals surface area contributed by atoms with Crippen molar-refractivity contribution >= 4 is 11.6 Å². The molecule has 0 bridgehead atoms. The molecule has 0 aliphatic rings. The Hall–Kier alpha value is -0.700. The Morgan fingerprint density at radius 1 is 1.11 bits per heavy atom. The van der Waals surface area contributed by atoms with Crippen LogP contribution in [0.3, 0.4) is 0 Å². The third kappa shape index (κ3) is 4.89. The average Bonchev–Trinajstić information content (AvgIpc) is 2.34. The summed E-state index contributed by atoms with van der Waals surface area (Å²) in [5.74, 6) is 0.461. The maximum Gasteiger partial charge on any atom is 0.389 e. The van der Waals surface area contributed by atoms with Gasteiger partial charge in [-0.2, -0.15) is 13.2 Å². The average molecular weight is 279 g/mol. The topological polar surface area (TPSA) is 0 Å². The van der Waals surface area contributed by atoms with Crippen LogP contribution in [0.1, 0.15) is 55.5 Å². The van der Waals surface area contributed by atoms with Gasteiger partial charge >= 0.3 is 6.18 Å². The third-order valence-electron chi connectivity index (χ3n) is 3.16. The summed E-state index contributed by atoms with van der Waals surface area (Å²) in [6, 6.07) is 7.56. The van der Waals surface area contributed by atoms with Crippen molar-refractivity contribution in [2.45, 2.75) is 50.6 Å². The minimum Gasteiger partial charge on any atom is -0.171 e. The number of hydrogen-bond donors (Lipinski definition) is 0. The van der Waals surface area contributed by atoms with Crippen molar-refractivity contribution in [3.63, 3.8) is 0 Å². The molecule has 2 atom stereocenters. The van der Waals surface area contributed by atoms with E-state index in [2.05, 4.69) is 13.8 Å². The fraction of sp³-hybridized carbons (Fsp3) is 0.571. The first kappa shape index (κ1) is 15.4. The molecule has 2 unspecified atom stereocenters. The lowest BCUT2D eigenvalue weighted by molar-refractivity contribution is -0.135. The predicted molar refractivity (Wildman–Crippen MR) is 69.0 cm³/mol. The van der Waals surface area contributed by atoms with Crippen LogP contribution in [0.2, 0.25) is 0 Å². The van der Waals surface area contributed by atoms with E-state index in [1.165, 1.54) is 5.56 Å². The lowest BCUT2D eigenvalue weighted by Gasteiger charge is -2.14. The smallest absolute Gasteiger partial charge is 0.171 e. The van der Waals surface area contributed by atoms with Crippen LogP contribution >= 0.6 is 11.6 Å². The van der Waals surface area contributed by atoms with E-state index in [-0.39, 0.29) is 6.42 Å². The van der Waals surface area contributed by atoms with Crippen LogP contribution < -0.4 is 0 Å². The second-order valence-electron chi connectivity index (χ2n) is 4.60. The van der Waals surface area contributed by atoms with Crippen molar-refractivity contribution in [2.24, 2.45) is 0 Å². The Morgan fingerprint density at radius 3 is 2.06 bits per heavy atom. The molecule has 0 aliphatic carbocycles. The molecule has 102 valence electrons. The van der Waals surface area contributed by atoms with E-state index < -0.39 is 18.0 Å². The molecule has 1 aromatic carbocycles. The number of halogens is 4. The molecule has 0 fully saturated rings. The molecule has 18 heavy (non-hydrogen) atoms. The normalized spacial score (nSPS) is 15.4. The van der Waals surface area contributed by atoms with Gasteiger partial charge in [-0.1, -0.05) is 38.1 Å². The molecule has 0 spiro atoms. The summed E-state index contributed by atoms with van der Waals surface area (Å²) >= 11 is 5.98. The molecule has 4 heteroatoms. The zero-order valence-corrected chi connectivity index (χ0v) is 11.4. The quantitative estimate of drug-likeness (QED) is 0.595. The minimum atomic E-state index is -4.14. The Morgan fingerprint density at radius 2 is 1.61 bits per heavy atom. The van der Waals surface area contributed by atoms with Gasteiger partial charge in [0.2, 0.25) is 0 Å². The first-order valence-electron chi connectivity index (χ1n) is 6.14. The summed E-state index contributed by atoms with van der Waals surface area (Å²) in [7, 11) is 0. The molecule has 0 saturated heterocycles. The Labute approximate surface area is 111 Å². The highest BCUT2D eigenvalue weighted by Crippen LogP contribution is 2.32. The first-order valence-corrected chi connectivity index (χ1v) is 6.57. The second kappa shape index (κ2) is 6.46. The van der Waals surface area contributed by atoms with E-state index >= 15 is 0 Å². The molecule has 0 radical (unpaired) electrons. The van der Waals surface area contributed by atoms with Crippen LogP contribution in [0.15, 0.2) is 24.3 Å². The van der Waals surface area contributed by atoms with E-state index in [9.17, 15) is 13.2 Å². The third-order valence-corrected chi connectivity index (χ3v) is 3.63. The predicted octanol–water partition coefficient (Wildman–Crippen LogP) is 5.82. The SMILES string of the molecule is CCC(C)c1ccc(C(Cl)CCC(F)(F)F)cc1. The largest absolute Gasteiger partial charge is 0.389 e. The highest BCUT2D eigenvalue weighted by molar-refractivity contribution is 6.20. The van der Waals surface area contributed by atoms with Gasteiger partial charge in [0.25, 0.3) is 0 Å². The van der Waals surface area contributed by atoms with Crippen LogP contribution in [0.5, 0.6) is 0 Å². The molecule has 0 nitrogen and oxygen atoms in total. The van der Waals surface area contributed by atoms with Gasteiger partial charge < -0.3 is 0 Å². The molecule has 0 amide bonds. The zero-order valence-electron chi connectivity index (χ0n) is 10.6. The molecule has 0 saturated carbocycles. The molecule has 0 N–H and O–H groups in total. The van der Waals surface area contributed by atoms with Gasteiger partial charge in [-0.15, -0.1) is 11.6 Å². The van der Waals surface area contributed by atoms with Gasteiger partial charge in [0.15, 0.2) is 0 Å². The maximum atomic E-state index is 12.1. The lowest BCUT2D eigenvalue weighted by Crippen LogP contribution is -2.08. The van der Waals surface area contributed by atoms with Gasteiger partial charge in [0.05, 0.1) is 5.38 Å². The van der Waals surface area contributed by atoms with Crippen LogP contribution in [-0.4, -0.2) is 6.18 Å². The maximum absolute atomic E-state index is 12.1. The van der Waals surface area contributed by atoms with Crippen LogP contribution in [0.4, 0.5) is 13.2 Å². The molecular weight excluding hydrogens is 261 g/mol. The van der Waals surface area contributed by atoms with Crippen molar-refractivity contribution in [1.82, 2.24) is 0 Å². The number of alkyl halides is 4. The van der Waals surface area contributed by atoms with E-state index in [0.29, 0.717) is 5.92 Å². The fourth-order valence-corrected chi connectivity index (χ4v) is 1.98. The van der Waals surface area contributed by atoms with Crippen molar-refractivity contribution in [3.8, 4) is 0 Å². The molecular formula is C14H18ClF3. The highest BCUT2D eigenvalue weighted by Gasteiger charge is 2.28. The van der Waals surface area contributed by atoms with Crippen LogP contribution in [0, 0.1) is 0 Å². The van der Waals surface area contributed by atoms with Gasteiger partial charge in [-0.25, -0.2) is 0 Å². The molecule has 1 rings (SSSR count). The van der Waals surface area contributed by atoms with E-state index in [4.69, 9.17) is 11.6 Å². The van der Waals surface area contributed by atoms with Crippen molar-refractivity contribution in [3.05, 3.63) is 35.4 Å². The Bertz CT molecular complexity index is 356. The lowest BCUT2D eigenvalue weighted by atomic mass is 9.96. The van der Waals surface area contributed by atoms with Crippen molar-refractivity contribution in [2.75, 3.05) is 0 Å². The number of benzene rings is 1. The van der Waals surface area contributed by atoms with Gasteiger partial charge in [0, 0.05) is 6.42 Å². The fourth-order valence-electron chi connectivity index (χ4n) is 1.73. The van der Waals surface area contributed by atoms with Gasteiger partial charge in [-0.3, -0.25) is 0 Å². The molecule has 0 heterocycles. The van der Waals surface area contributed by atoms with Gasteiger partial charge in [0.1, 0.15) is 0 Å². The van der Waals surface area contributed by atoms with Crippen LogP contribution in [-0.2, 0) is 0 Å². The van der Waals surface area contributed by atoms with Crippen molar-refractivity contribution in [1.29, 1.82) is 0 Å². The summed E-state index contributed by atoms with van der Waals surface area (Å²) in [6.07, 6.45) is -4.01. The number of rotatable bonds is 5. The summed E-state index contributed by atoms with van der Waals surface area (Å²) in [5.41, 5.74) is 1.95. The van der Waals surface area contributed by atoms with E-state index in [0.717, 1.165) is 12.0 Å². The monoisotopic (exact) mass is 278 g/mol. The van der Waals surface area contributed by atoms with Gasteiger partial charge in [-0.05, 0) is 29.9 Å². The standard InChI is InChI=1S/C14H18ClF3/c1-3-10(2)11-4-6-12(7-5-11)13(15)8-9-14(16,17)18/h4-7,10,13H,3,8-9H2,1-2H3. The highest BCUT2D eigenvalue weighted by atomic mass is 35.5. The van der Waals surface area contributed by atoms with E-state index in [1.807, 2.05) is 24.3 Å². The Balaban J connectivity index is 2.62. The summed E-state index contributed by atoms with van der Waals surface area (Å²) < 4.78 is 36.3. The summed E-state index contributed by atoms with van der Waals surface area (Å²) in [5, 5.41) is -0.572. The molecule has 0 aliphatic heterocycles. The number of hydrogen-bond acceptors (Lipinski definition) is 0. The Kier molecular flexibility index (Phi) is 5.51. The van der Waals surface area contributed by atoms with E-state index in [1.54, 1.807) is 0 Å². The second-order valence-corrected chi connectivity index (χ2v) is 5.12. The zero-order chi connectivity index (χ0) is 13.8. The minimum absolute atomic E-state index is 0.0757. The molecule has 0 aromatic heterocycles. The molecule has 1 aromatic rings. The summed E-state index contributed by atoms with van der Waals surface area (Å²) in [4.78, 5) is 0. The first-order chi connectivity index (χ1) is 8.33.